The van der Waals surface area contributed by atoms with E-state index in [4.69, 9.17) is 16.3 Å². The fourth-order valence-corrected chi connectivity index (χ4v) is 3.65. The Morgan fingerprint density at radius 3 is 2.71 bits per heavy atom. The molecule has 1 heterocycles. The highest BCUT2D eigenvalue weighted by Crippen LogP contribution is 2.25. The Morgan fingerprint density at radius 1 is 1.18 bits per heavy atom. The summed E-state index contributed by atoms with van der Waals surface area (Å²) in [6.07, 6.45) is 4.48. The first-order valence-corrected chi connectivity index (χ1v) is 10.3. The molecular formula is C19H16ClN3O4S. The van der Waals surface area contributed by atoms with Crippen molar-refractivity contribution in [2.75, 3.05) is 11.1 Å². The van der Waals surface area contributed by atoms with Crippen LogP contribution in [0.3, 0.4) is 0 Å². The number of benzene rings is 2. The van der Waals surface area contributed by atoms with Gasteiger partial charge in [-0.05, 0) is 30.3 Å². The zero-order valence-electron chi connectivity index (χ0n) is 14.8. The van der Waals surface area contributed by atoms with Crippen LogP contribution in [0.15, 0.2) is 66.0 Å². The molecule has 1 amide bonds. The van der Waals surface area contributed by atoms with Gasteiger partial charge < -0.3 is 10.1 Å². The minimum Gasteiger partial charge on any atom is -0.437 e. The molecule has 0 saturated carbocycles. The Labute approximate surface area is 167 Å². The maximum absolute atomic E-state index is 12.7. The third-order valence-electron chi connectivity index (χ3n) is 3.76. The van der Waals surface area contributed by atoms with Crippen molar-refractivity contribution in [2.45, 2.75) is 11.8 Å². The number of ether oxygens (including phenoxy) is 1. The number of amides is 1. The van der Waals surface area contributed by atoms with Crippen LogP contribution in [0.25, 0.3) is 0 Å². The molecule has 0 saturated heterocycles. The van der Waals surface area contributed by atoms with Crippen LogP contribution in [0.4, 0.5) is 5.69 Å². The summed E-state index contributed by atoms with van der Waals surface area (Å²) in [4.78, 5) is 20.6. The molecule has 3 rings (SSSR count). The molecule has 0 bridgehead atoms. The molecule has 0 aliphatic rings. The number of hydrogen-bond donors (Lipinski definition) is 1. The molecule has 0 fully saturated rings. The Morgan fingerprint density at radius 2 is 2.00 bits per heavy atom. The fraction of sp³-hybridized carbons (Fsp3) is 0.105. The van der Waals surface area contributed by atoms with Crippen molar-refractivity contribution in [3.8, 4) is 11.6 Å². The summed E-state index contributed by atoms with van der Waals surface area (Å²) in [5.41, 5.74) is 0.404. The smallest absolute Gasteiger partial charge is 0.257 e. The number of rotatable bonds is 6. The molecular weight excluding hydrogens is 402 g/mol. The number of halogens is 1. The first-order chi connectivity index (χ1) is 13.4. The van der Waals surface area contributed by atoms with Crippen molar-refractivity contribution in [2.24, 2.45) is 0 Å². The second kappa shape index (κ2) is 8.37. The van der Waals surface area contributed by atoms with Crippen LogP contribution >= 0.6 is 11.6 Å². The molecule has 3 aromatic rings. The molecule has 0 spiro atoms. The Bertz CT molecular complexity index is 1110. The van der Waals surface area contributed by atoms with E-state index in [2.05, 4.69) is 15.3 Å². The Hall–Kier alpha value is -2.97. The predicted molar refractivity (Wildman–Crippen MR) is 106 cm³/mol. The third kappa shape index (κ3) is 4.65. The maximum atomic E-state index is 12.7. The zero-order valence-corrected chi connectivity index (χ0v) is 16.4. The first-order valence-electron chi connectivity index (χ1n) is 8.26. The van der Waals surface area contributed by atoms with E-state index in [1.807, 2.05) is 0 Å². The van der Waals surface area contributed by atoms with Gasteiger partial charge in [-0.25, -0.2) is 13.4 Å². The van der Waals surface area contributed by atoms with E-state index < -0.39 is 15.7 Å². The number of carbonyl (C=O) groups excluding carboxylic acids is 1. The second-order valence-electron chi connectivity index (χ2n) is 5.67. The van der Waals surface area contributed by atoms with E-state index >= 15 is 0 Å². The van der Waals surface area contributed by atoms with E-state index in [-0.39, 0.29) is 21.2 Å². The average Bonchev–Trinajstić information content (AvgIpc) is 2.69. The van der Waals surface area contributed by atoms with Gasteiger partial charge in [0, 0.05) is 29.2 Å². The lowest BCUT2D eigenvalue weighted by Crippen LogP contribution is -2.17. The van der Waals surface area contributed by atoms with Crippen molar-refractivity contribution >= 4 is 33.0 Å². The molecule has 0 unspecified atom stereocenters. The van der Waals surface area contributed by atoms with Crippen LogP contribution < -0.4 is 10.1 Å². The molecule has 28 heavy (non-hydrogen) atoms. The molecule has 9 heteroatoms. The van der Waals surface area contributed by atoms with Crippen molar-refractivity contribution in [3.63, 3.8) is 0 Å². The van der Waals surface area contributed by atoms with Gasteiger partial charge in [-0.2, -0.15) is 0 Å². The van der Waals surface area contributed by atoms with E-state index in [0.717, 1.165) is 0 Å². The van der Waals surface area contributed by atoms with Crippen LogP contribution in [0.1, 0.15) is 17.3 Å². The normalized spacial score (nSPS) is 11.1. The third-order valence-corrected chi connectivity index (χ3v) is 5.78. The molecule has 7 nitrogen and oxygen atoms in total. The van der Waals surface area contributed by atoms with Crippen LogP contribution in [0.5, 0.6) is 11.6 Å². The summed E-state index contributed by atoms with van der Waals surface area (Å²) in [7, 11) is -3.59. The summed E-state index contributed by atoms with van der Waals surface area (Å²) in [6, 6.07) is 10.7. The molecule has 1 N–H and O–H groups in total. The molecule has 0 aliphatic carbocycles. The van der Waals surface area contributed by atoms with Gasteiger partial charge in [0.25, 0.3) is 5.91 Å². The lowest BCUT2D eigenvalue weighted by Gasteiger charge is -2.11. The van der Waals surface area contributed by atoms with Gasteiger partial charge in [0.1, 0.15) is 5.75 Å². The van der Waals surface area contributed by atoms with Crippen molar-refractivity contribution in [1.82, 2.24) is 9.97 Å². The van der Waals surface area contributed by atoms with Gasteiger partial charge >= 0.3 is 0 Å². The summed E-state index contributed by atoms with van der Waals surface area (Å²) >= 11 is 5.96. The van der Waals surface area contributed by atoms with Crippen molar-refractivity contribution in [1.29, 1.82) is 0 Å². The lowest BCUT2D eigenvalue weighted by atomic mass is 10.2. The van der Waals surface area contributed by atoms with Gasteiger partial charge in [0.05, 0.1) is 22.4 Å². The van der Waals surface area contributed by atoms with E-state index in [1.54, 1.807) is 24.3 Å². The van der Waals surface area contributed by atoms with E-state index in [0.29, 0.717) is 17.3 Å². The molecule has 0 radical (unpaired) electrons. The highest BCUT2D eigenvalue weighted by atomic mass is 35.5. The summed E-state index contributed by atoms with van der Waals surface area (Å²) in [5, 5.41) is 2.93. The van der Waals surface area contributed by atoms with E-state index in [1.165, 1.54) is 43.7 Å². The van der Waals surface area contributed by atoms with Crippen LogP contribution in [-0.2, 0) is 9.84 Å². The quantitative estimate of drug-likeness (QED) is 0.651. The van der Waals surface area contributed by atoms with Crippen LogP contribution in [-0.4, -0.2) is 30.0 Å². The number of aromatic nitrogens is 2. The Balaban J connectivity index is 1.86. The van der Waals surface area contributed by atoms with Gasteiger partial charge in [-0.15, -0.1) is 0 Å². The molecule has 144 valence electrons. The number of carbonyl (C=O) groups is 1. The molecule has 0 atom stereocenters. The van der Waals surface area contributed by atoms with Gasteiger partial charge in [-0.3, -0.25) is 9.78 Å². The minimum absolute atomic E-state index is 0.0189. The number of nitrogens with one attached hydrogen (secondary N) is 1. The SMILES string of the molecule is CCS(=O)(=O)c1ccc(Cl)cc1C(=O)Nc1cccc(Oc2cnccn2)c1. The molecule has 1 aromatic heterocycles. The number of sulfone groups is 1. The number of nitrogens with zero attached hydrogens (tertiary/aromatic N) is 2. The van der Waals surface area contributed by atoms with Crippen LogP contribution in [0.2, 0.25) is 5.02 Å². The van der Waals surface area contributed by atoms with Gasteiger partial charge in [0.15, 0.2) is 9.84 Å². The summed E-state index contributed by atoms with van der Waals surface area (Å²) < 4.78 is 30.2. The molecule has 2 aromatic carbocycles. The predicted octanol–water partition coefficient (Wildman–Crippen LogP) is 3.97. The summed E-state index contributed by atoms with van der Waals surface area (Å²) in [6.45, 7) is 1.51. The van der Waals surface area contributed by atoms with Gasteiger partial charge in [0.2, 0.25) is 5.88 Å². The largest absolute Gasteiger partial charge is 0.437 e. The monoisotopic (exact) mass is 417 g/mol. The highest BCUT2D eigenvalue weighted by molar-refractivity contribution is 7.91. The topological polar surface area (TPSA) is 98.2 Å². The lowest BCUT2D eigenvalue weighted by molar-refractivity contribution is 0.102. The van der Waals surface area contributed by atoms with Crippen LogP contribution in [0, 0.1) is 0 Å². The number of anilines is 1. The fourth-order valence-electron chi connectivity index (χ4n) is 2.40. The molecule has 0 aliphatic heterocycles. The Kier molecular flexibility index (Phi) is 5.91. The minimum atomic E-state index is -3.59. The average molecular weight is 418 g/mol. The van der Waals surface area contributed by atoms with Crippen molar-refractivity contribution in [3.05, 3.63) is 71.6 Å². The van der Waals surface area contributed by atoms with Gasteiger partial charge in [-0.1, -0.05) is 24.6 Å². The zero-order chi connectivity index (χ0) is 20.1. The summed E-state index contributed by atoms with van der Waals surface area (Å²) in [5.74, 6) is 0.0187. The second-order valence-corrected chi connectivity index (χ2v) is 8.35. The maximum Gasteiger partial charge on any atom is 0.257 e. The number of hydrogen-bond acceptors (Lipinski definition) is 6. The van der Waals surface area contributed by atoms with Crippen molar-refractivity contribution < 1.29 is 17.9 Å². The standard InChI is InChI=1S/C19H16ClN3O4S/c1-2-28(25,26)17-7-6-13(20)10-16(17)19(24)23-14-4-3-5-15(11-14)27-18-12-21-8-9-22-18/h3-12H,2H2,1H3,(H,23,24). The van der Waals surface area contributed by atoms with E-state index in [9.17, 15) is 13.2 Å². The highest BCUT2D eigenvalue weighted by Gasteiger charge is 2.21. The first kappa shape index (κ1) is 19.8.